The molecule has 0 aliphatic heterocycles. The number of benzene rings is 2. The van der Waals surface area contributed by atoms with Gasteiger partial charge in [0.1, 0.15) is 10.7 Å². The van der Waals surface area contributed by atoms with Crippen LogP contribution in [0.25, 0.3) is 11.3 Å². The van der Waals surface area contributed by atoms with Crippen LogP contribution < -0.4 is 0 Å². The molecular formula is C20H22FN3O4S2. The lowest BCUT2D eigenvalue weighted by Crippen LogP contribution is -2.29. The minimum Gasteiger partial charge on any atom is -0.282 e. The Kier molecular flexibility index (Phi) is 6.39. The number of H-pyrrole nitrogens is 1. The van der Waals surface area contributed by atoms with Crippen molar-refractivity contribution in [2.24, 2.45) is 0 Å². The van der Waals surface area contributed by atoms with Gasteiger partial charge in [0.2, 0.25) is 10.0 Å². The first-order chi connectivity index (χ1) is 14.1. The van der Waals surface area contributed by atoms with Gasteiger partial charge in [-0.15, -0.1) is 0 Å². The van der Waals surface area contributed by atoms with E-state index in [2.05, 4.69) is 10.2 Å². The summed E-state index contributed by atoms with van der Waals surface area (Å²) in [6, 6.07) is 13.4. The molecule has 0 fully saturated rings. The molecule has 1 N–H and O–H groups in total. The quantitative estimate of drug-likeness (QED) is 0.568. The summed E-state index contributed by atoms with van der Waals surface area (Å²) in [5, 5.41) is 7.10. The fourth-order valence-corrected chi connectivity index (χ4v) is 5.82. The number of hydrogen-bond donors (Lipinski definition) is 1. The van der Waals surface area contributed by atoms with Crippen LogP contribution in [0, 0.1) is 5.82 Å². The van der Waals surface area contributed by atoms with E-state index < -0.39 is 19.9 Å². The van der Waals surface area contributed by atoms with Gasteiger partial charge in [0.05, 0.1) is 10.6 Å². The van der Waals surface area contributed by atoms with Crippen molar-refractivity contribution >= 4 is 19.9 Å². The second kappa shape index (κ2) is 8.66. The molecule has 1 aromatic heterocycles. The molecule has 0 aliphatic carbocycles. The van der Waals surface area contributed by atoms with Crippen LogP contribution in [0.4, 0.5) is 4.39 Å². The third-order valence-corrected chi connectivity index (χ3v) is 7.83. The van der Waals surface area contributed by atoms with Gasteiger partial charge in [-0.05, 0) is 55.3 Å². The molecule has 1 heterocycles. The van der Waals surface area contributed by atoms with E-state index in [0.29, 0.717) is 18.5 Å². The fourth-order valence-electron chi connectivity index (χ4n) is 3.01. The molecule has 10 heteroatoms. The Bertz CT molecular complexity index is 1240. The van der Waals surface area contributed by atoms with Gasteiger partial charge >= 0.3 is 0 Å². The number of nitrogens with one attached hydrogen (secondary N) is 1. The molecule has 0 unspecified atom stereocenters. The first kappa shape index (κ1) is 22.1. The van der Waals surface area contributed by atoms with Crippen LogP contribution in [0.2, 0.25) is 0 Å². The van der Waals surface area contributed by atoms with Crippen LogP contribution in [-0.2, 0) is 26.3 Å². The van der Waals surface area contributed by atoms with E-state index in [0.717, 1.165) is 21.8 Å². The smallest absolute Gasteiger partial charge is 0.244 e. The van der Waals surface area contributed by atoms with Gasteiger partial charge in [-0.1, -0.05) is 12.1 Å². The summed E-state index contributed by atoms with van der Waals surface area (Å²) in [6.45, 7) is 0.200. The molecule has 3 aromatic rings. The molecule has 0 radical (unpaired) electrons. The number of hydrogen-bond acceptors (Lipinski definition) is 5. The second-order valence-electron chi connectivity index (χ2n) is 6.93. The minimum absolute atomic E-state index is 0.200. The average molecular weight is 452 g/mol. The standard InChI is InChI=1S/C20H22FN3O4S2/c1-24(30(27,28)20-8-4-3-7-19(20)29(2,25)26)13-5-6-17-14-18(23-22-17)15-9-11-16(21)12-10-15/h3-4,7-12,14H,5-6,13H2,1-2H3,(H,22,23). The number of aromatic nitrogens is 2. The van der Waals surface area contributed by atoms with Crippen molar-refractivity contribution in [1.82, 2.24) is 14.5 Å². The maximum absolute atomic E-state index is 13.0. The summed E-state index contributed by atoms with van der Waals surface area (Å²) < 4.78 is 63.8. The van der Waals surface area contributed by atoms with Gasteiger partial charge in [0.15, 0.2) is 9.84 Å². The van der Waals surface area contributed by atoms with Crippen LogP contribution in [0.5, 0.6) is 0 Å². The van der Waals surface area contributed by atoms with E-state index in [4.69, 9.17) is 0 Å². The number of halogens is 1. The zero-order valence-corrected chi connectivity index (χ0v) is 18.2. The molecule has 0 saturated heterocycles. The number of nitrogens with zero attached hydrogens (tertiary/aromatic N) is 2. The molecule has 0 saturated carbocycles. The average Bonchev–Trinajstić information content (AvgIpc) is 3.16. The Labute approximate surface area is 175 Å². The Morgan fingerprint density at radius 3 is 2.27 bits per heavy atom. The van der Waals surface area contributed by atoms with E-state index in [9.17, 15) is 21.2 Å². The monoisotopic (exact) mass is 451 g/mol. The largest absolute Gasteiger partial charge is 0.282 e. The van der Waals surface area contributed by atoms with Gasteiger partial charge in [0.25, 0.3) is 0 Å². The first-order valence-electron chi connectivity index (χ1n) is 9.14. The molecular weight excluding hydrogens is 429 g/mol. The summed E-state index contributed by atoms with van der Waals surface area (Å²) in [7, 11) is -6.22. The number of aromatic amines is 1. The molecule has 160 valence electrons. The maximum atomic E-state index is 13.0. The lowest BCUT2D eigenvalue weighted by Gasteiger charge is -2.18. The zero-order valence-electron chi connectivity index (χ0n) is 16.5. The van der Waals surface area contributed by atoms with Crippen molar-refractivity contribution < 1.29 is 21.2 Å². The van der Waals surface area contributed by atoms with Crippen molar-refractivity contribution in [2.75, 3.05) is 19.8 Å². The van der Waals surface area contributed by atoms with Crippen molar-refractivity contribution in [2.45, 2.75) is 22.6 Å². The van der Waals surface area contributed by atoms with Gasteiger partial charge in [0, 0.05) is 31.1 Å². The number of aryl methyl sites for hydroxylation is 1. The van der Waals surface area contributed by atoms with E-state index in [-0.39, 0.29) is 22.2 Å². The molecule has 7 nitrogen and oxygen atoms in total. The third-order valence-electron chi connectivity index (χ3n) is 4.63. The number of rotatable bonds is 8. The van der Waals surface area contributed by atoms with Crippen LogP contribution >= 0.6 is 0 Å². The van der Waals surface area contributed by atoms with E-state index >= 15 is 0 Å². The Balaban J connectivity index is 1.66. The van der Waals surface area contributed by atoms with Gasteiger partial charge in [-0.25, -0.2) is 25.5 Å². The van der Waals surface area contributed by atoms with Crippen molar-refractivity contribution in [3.63, 3.8) is 0 Å². The molecule has 30 heavy (non-hydrogen) atoms. The third kappa shape index (κ3) is 4.94. The van der Waals surface area contributed by atoms with Crippen LogP contribution in [0.1, 0.15) is 12.1 Å². The van der Waals surface area contributed by atoms with Gasteiger partial charge in [-0.3, -0.25) is 5.10 Å². The van der Waals surface area contributed by atoms with E-state index in [1.807, 2.05) is 6.07 Å². The number of sulfonamides is 1. The number of sulfone groups is 1. The van der Waals surface area contributed by atoms with Crippen molar-refractivity contribution in [3.8, 4) is 11.3 Å². The molecule has 2 aromatic carbocycles. The topological polar surface area (TPSA) is 100 Å². The lowest BCUT2D eigenvalue weighted by atomic mass is 10.1. The molecule has 0 atom stereocenters. The first-order valence-corrected chi connectivity index (χ1v) is 12.5. The zero-order chi connectivity index (χ0) is 21.9. The molecule has 0 aliphatic rings. The van der Waals surface area contributed by atoms with E-state index in [1.165, 1.54) is 43.4 Å². The normalized spacial score (nSPS) is 12.4. The molecule has 0 bridgehead atoms. The predicted molar refractivity (Wildman–Crippen MR) is 112 cm³/mol. The van der Waals surface area contributed by atoms with Crippen LogP contribution in [0.3, 0.4) is 0 Å². The summed E-state index contributed by atoms with van der Waals surface area (Å²) in [6.07, 6.45) is 2.03. The Hall–Kier alpha value is -2.56. The molecule has 0 spiro atoms. The lowest BCUT2D eigenvalue weighted by molar-refractivity contribution is 0.458. The highest BCUT2D eigenvalue weighted by atomic mass is 32.2. The highest BCUT2D eigenvalue weighted by Crippen LogP contribution is 2.24. The maximum Gasteiger partial charge on any atom is 0.244 e. The van der Waals surface area contributed by atoms with Crippen molar-refractivity contribution in [3.05, 3.63) is 66.1 Å². The Morgan fingerprint density at radius 2 is 1.63 bits per heavy atom. The van der Waals surface area contributed by atoms with Crippen molar-refractivity contribution in [1.29, 1.82) is 0 Å². The highest BCUT2D eigenvalue weighted by Gasteiger charge is 2.27. The van der Waals surface area contributed by atoms with Crippen LogP contribution in [0.15, 0.2) is 64.4 Å². The van der Waals surface area contributed by atoms with E-state index in [1.54, 1.807) is 12.1 Å². The molecule has 3 rings (SSSR count). The molecule has 0 amide bonds. The summed E-state index contributed by atoms with van der Waals surface area (Å²) in [4.78, 5) is -0.440. The predicted octanol–water partition coefficient (Wildman–Crippen LogP) is 2.87. The Morgan fingerprint density at radius 1 is 1.00 bits per heavy atom. The minimum atomic E-state index is -3.96. The fraction of sp³-hybridized carbons (Fsp3) is 0.250. The van der Waals surface area contributed by atoms with Gasteiger partial charge < -0.3 is 0 Å². The summed E-state index contributed by atoms with van der Waals surface area (Å²) in [5.41, 5.74) is 2.26. The van der Waals surface area contributed by atoms with Gasteiger partial charge in [-0.2, -0.15) is 5.10 Å². The highest BCUT2D eigenvalue weighted by molar-refractivity contribution is 7.93. The summed E-state index contributed by atoms with van der Waals surface area (Å²) >= 11 is 0. The SMILES string of the molecule is CN(CCCc1cc(-c2ccc(F)cc2)n[nH]1)S(=O)(=O)c1ccccc1S(C)(=O)=O. The summed E-state index contributed by atoms with van der Waals surface area (Å²) in [5.74, 6) is -0.323. The van der Waals surface area contributed by atoms with Crippen LogP contribution in [-0.4, -0.2) is 51.2 Å². The second-order valence-corrected chi connectivity index (χ2v) is 10.9.